The van der Waals surface area contributed by atoms with Crippen LogP contribution in [0.5, 0.6) is 5.75 Å². The molecule has 7 atom stereocenters. The molecule has 1 saturated heterocycles. The Balaban J connectivity index is 1.26. The lowest BCUT2D eigenvalue weighted by atomic mass is 9.45. The van der Waals surface area contributed by atoms with E-state index in [4.69, 9.17) is 9.73 Å². The number of piperazine rings is 1. The minimum Gasteiger partial charge on any atom is -0.497 e. The summed E-state index contributed by atoms with van der Waals surface area (Å²) in [4.78, 5) is 26.0. The molecule has 7 rings (SSSR count). The van der Waals surface area contributed by atoms with Crippen molar-refractivity contribution < 1.29 is 9.13 Å². The highest BCUT2D eigenvalue weighted by atomic mass is 19.1. The molecule has 236 valence electrons. The molecule has 4 fully saturated rings. The fourth-order valence-corrected chi connectivity index (χ4v) is 8.04. The highest BCUT2D eigenvalue weighted by Gasteiger charge is 2.56. The maximum Gasteiger partial charge on any atom is 0.261 e. The molecule has 2 N–H and O–H groups in total. The Hall–Kier alpha value is -3.46. The quantitative estimate of drug-likeness (QED) is 0.271. The van der Waals surface area contributed by atoms with Crippen molar-refractivity contribution in [2.75, 3.05) is 25.5 Å². The molecule has 3 aromatic rings. The minimum atomic E-state index is -0.345. The van der Waals surface area contributed by atoms with Gasteiger partial charge in [0.15, 0.2) is 5.96 Å². The van der Waals surface area contributed by atoms with Crippen molar-refractivity contribution in [2.45, 2.75) is 85.0 Å². The molecule has 3 saturated carbocycles. The second-order valence-corrected chi connectivity index (χ2v) is 14.2. The lowest BCUT2D eigenvalue weighted by Crippen LogP contribution is -2.59. The molecule has 0 spiro atoms. The van der Waals surface area contributed by atoms with Crippen molar-refractivity contribution in [1.29, 1.82) is 0 Å². The lowest BCUT2D eigenvalue weighted by Gasteiger charge is -2.61. The number of anilines is 1. The van der Waals surface area contributed by atoms with Crippen LogP contribution >= 0.6 is 0 Å². The fraction of sp³-hybridized carbons (Fsp3) is 0.571. The molecule has 2 aromatic carbocycles. The summed E-state index contributed by atoms with van der Waals surface area (Å²) in [7, 11) is 1.51. The van der Waals surface area contributed by atoms with Gasteiger partial charge in [-0.2, -0.15) is 0 Å². The van der Waals surface area contributed by atoms with Crippen molar-refractivity contribution >= 4 is 22.5 Å². The summed E-state index contributed by atoms with van der Waals surface area (Å²) >= 11 is 0. The number of fused-ring (bicyclic) bond motifs is 3. The number of nitrogens with zero attached hydrogens (tertiary/aromatic N) is 4. The Morgan fingerprint density at radius 3 is 2.57 bits per heavy atom. The van der Waals surface area contributed by atoms with Crippen LogP contribution in [-0.4, -0.2) is 58.7 Å². The Kier molecular flexibility index (Phi) is 8.20. The SMILES string of the molecule is COc1ccc(C[C@@H](C)n2cnc3cc(NC(=N[C@H]4C[C@H]5C[C@@H](C4C)C5(C)C)N4C[C@@H](C)N[C@@H](C)C4)ccc3c2=O)c(F)c1. The van der Waals surface area contributed by atoms with Crippen LogP contribution in [0.3, 0.4) is 0 Å². The third-order valence-corrected chi connectivity index (χ3v) is 10.7. The van der Waals surface area contributed by atoms with Gasteiger partial charge in [0.25, 0.3) is 5.56 Å². The molecule has 1 aromatic heterocycles. The van der Waals surface area contributed by atoms with E-state index in [9.17, 15) is 9.18 Å². The summed E-state index contributed by atoms with van der Waals surface area (Å²) in [6.07, 6.45) is 4.39. The molecule has 44 heavy (non-hydrogen) atoms. The van der Waals surface area contributed by atoms with E-state index in [0.717, 1.165) is 37.1 Å². The fourth-order valence-electron chi connectivity index (χ4n) is 8.04. The predicted octanol–water partition coefficient (Wildman–Crippen LogP) is 5.87. The molecule has 0 radical (unpaired) electrons. The molecular formula is C35H47FN6O2. The maximum atomic E-state index is 14.6. The van der Waals surface area contributed by atoms with Gasteiger partial charge in [0.05, 0.1) is 30.4 Å². The van der Waals surface area contributed by atoms with Crippen LogP contribution in [0.1, 0.15) is 66.0 Å². The number of nitrogens with one attached hydrogen (secondary N) is 2. The zero-order valence-corrected chi connectivity index (χ0v) is 27.1. The van der Waals surface area contributed by atoms with Crippen LogP contribution in [-0.2, 0) is 6.42 Å². The Labute approximate surface area is 260 Å². The van der Waals surface area contributed by atoms with Gasteiger partial charge < -0.3 is 20.3 Å². The monoisotopic (exact) mass is 602 g/mol. The Morgan fingerprint density at radius 1 is 1.16 bits per heavy atom. The second kappa shape index (κ2) is 11.8. The normalized spacial score (nSPS) is 28.8. The maximum absolute atomic E-state index is 14.6. The average Bonchev–Trinajstić information content (AvgIpc) is 2.98. The van der Waals surface area contributed by atoms with Crippen LogP contribution in [0.4, 0.5) is 10.1 Å². The minimum absolute atomic E-state index is 0.139. The number of methoxy groups -OCH3 is 1. The van der Waals surface area contributed by atoms with Gasteiger partial charge in [-0.15, -0.1) is 0 Å². The first-order chi connectivity index (χ1) is 20.9. The summed E-state index contributed by atoms with van der Waals surface area (Å²) in [5.41, 5.74) is 2.28. The zero-order valence-electron chi connectivity index (χ0n) is 27.1. The molecule has 3 aliphatic carbocycles. The smallest absolute Gasteiger partial charge is 0.261 e. The molecule has 1 unspecified atom stereocenters. The summed E-state index contributed by atoms with van der Waals surface area (Å²) in [5.74, 6) is 3.01. The summed E-state index contributed by atoms with van der Waals surface area (Å²) in [6.45, 7) is 15.3. The molecular weight excluding hydrogens is 555 g/mol. The summed E-state index contributed by atoms with van der Waals surface area (Å²) in [6, 6.07) is 11.3. The number of benzene rings is 2. The first-order valence-corrected chi connectivity index (χ1v) is 16.1. The molecule has 2 bridgehead atoms. The number of ether oxygens (including phenoxy) is 1. The van der Waals surface area contributed by atoms with Gasteiger partial charge in [-0.3, -0.25) is 9.36 Å². The van der Waals surface area contributed by atoms with E-state index >= 15 is 0 Å². The first kappa shape index (κ1) is 30.6. The standard InChI is InChI=1S/C35H47FN6O2/c1-20-17-41(18-21(2)38-20)34(40-31-14-25-13-29(23(31)4)35(25,5)6)39-26-9-11-28-32(15-26)37-19-42(33(28)43)22(3)12-24-8-10-27(44-7)16-30(24)36/h8-11,15-16,19-23,25,29,31,38H,12-14,17-18H2,1-7H3,(H,39,40)/t20-,21+,22-,23?,25-,29+,31+/m1/s1. The number of aromatic nitrogens is 2. The number of halogens is 1. The predicted molar refractivity (Wildman–Crippen MR) is 175 cm³/mol. The van der Waals surface area contributed by atoms with E-state index < -0.39 is 0 Å². The highest BCUT2D eigenvalue weighted by molar-refractivity contribution is 5.96. The Bertz CT molecular complexity index is 1610. The third-order valence-electron chi connectivity index (χ3n) is 10.7. The molecule has 9 heteroatoms. The largest absolute Gasteiger partial charge is 0.497 e. The summed E-state index contributed by atoms with van der Waals surface area (Å²) in [5, 5.41) is 7.82. The Morgan fingerprint density at radius 2 is 1.91 bits per heavy atom. The molecule has 2 heterocycles. The van der Waals surface area contributed by atoms with Crippen LogP contribution < -0.4 is 20.9 Å². The topological polar surface area (TPSA) is 83.8 Å². The molecule has 1 aliphatic heterocycles. The van der Waals surface area contributed by atoms with Gasteiger partial charge in [-0.1, -0.05) is 26.8 Å². The third kappa shape index (κ3) is 5.71. The first-order valence-electron chi connectivity index (χ1n) is 16.1. The number of rotatable bonds is 6. The molecule has 8 nitrogen and oxygen atoms in total. The van der Waals surface area contributed by atoms with E-state index in [1.54, 1.807) is 23.0 Å². The van der Waals surface area contributed by atoms with Crippen LogP contribution in [0.25, 0.3) is 10.9 Å². The average molecular weight is 603 g/mol. The zero-order chi connectivity index (χ0) is 31.3. The van der Waals surface area contributed by atoms with Crippen LogP contribution in [0, 0.1) is 29.0 Å². The van der Waals surface area contributed by atoms with Crippen LogP contribution in [0.15, 0.2) is 52.5 Å². The number of hydrogen-bond acceptors (Lipinski definition) is 5. The van der Waals surface area contributed by atoms with Crippen molar-refractivity contribution in [2.24, 2.45) is 28.2 Å². The van der Waals surface area contributed by atoms with Crippen LogP contribution in [0.2, 0.25) is 0 Å². The van der Waals surface area contributed by atoms with E-state index in [0.29, 0.717) is 58.0 Å². The summed E-state index contributed by atoms with van der Waals surface area (Å²) < 4.78 is 21.3. The number of hydrogen-bond donors (Lipinski definition) is 2. The van der Waals surface area contributed by atoms with Crippen molar-refractivity contribution in [3.05, 3.63) is 64.5 Å². The second-order valence-electron chi connectivity index (χ2n) is 14.2. The van der Waals surface area contributed by atoms with Crippen molar-refractivity contribution in [3.63, 3.8) is 0 Å². The van der Waals surface area contributed by atoms with Gasteiger partial charge in [-0.25, -0.2) is 14.4 Å². The highest BCUT2D eigenvalue weighted by Crippen LogP contribution is 2.61. The molecule has 0 amide bonds. The number of guanidine groups is 1. The van der Waals surface area contributed by atoms with E-state index in [-0.39, 0.29) is 23.5 Å². The molecule has 4 aliphatic rings. The van der Waals surface area contributed by atoms with E-state index in [1.165, 1.54) is 19.6 Å². The van der Waals surface area contributed by atoms with E-state index in [2.05, 4.69) is 55.1 Å². The number of aliphatic imine (C=N–C) groups is 1. The van der Waals surface area contributed by atoms with Gasteiger partial charge in [-0.05, 0) is 93.0 Å². The van der Waals surface area contributed by atoms with Gasteiger partial charge in [0.2, 0.25) is 0 Å². The van der Waals surface area contributed by atoms with Crippen molar-refractivity contribution in [3.8, 4) is 5.75 Å². The van der Waals surface area contributed by atoms with Gasteiger partial charge >= 0.3 is 0 Å². The van der Waals surface area contributed by atoms with Gasteiger partial charge in [0.1, 0.15) is 11.6 Å². The van der Waals surface area contributed by atoms with Gasteiger partial charge in [0, 0.05) is 43.0 Å². The lowest BCUT2D eigenvalue weighted by molar-refractivity contribution is -0.108. The van der Waals surface area contributed by atoms with E-state index in [1.807, 2.05) is 25.1 Å². The van der Waals surface area contributed by atoms with Crippen molar-refractivity contribution in [1.82, 2.24) is 19.8 Å².